The number of pyridine rings is 1. The quantitative estimate of drug-likeness (QED) is 0.839. The highest BCUT2D eigenvalue weighted by Crippen LogP contribution is 2.43. The zero-order valence-electron chi connectivity index (χ0n) is 14.7. The summed E-state index contributed by atoms with van der Waals surface area (Å²) in [5.41, 5.74) is 9.23. The lowest BCUT2D eigenvalue weighted by Crippen LogP contribution is -2.31. The van der Waals surface area contributed by atoms with Gasteiger partial charge in [-0.2, -0.15) is 5.26 Å². The number of hydrogen-bond donors (Lipinski definition) is 1. The summed E-state index contributed by atoms with van der Waals surface area (Å²) in [6, 6.07) is 10.0. The predicted octanol–water partition coefficient (Wildman–Crippen LogP) is 3.09. The molecule has 1 unspecified atom stereocenters. The van der Waals surface area contributed by atoms with Crippen molar-refractivity contribution in [2.24, 2.45) is 0 Å². The summed E-state index contributed by atoms with van der Waals surface area (Å²) in [5.74, 6) is 0.190. The number of anilines is 2. The van der Waals surface area contributed by atoms with Gasteiger partial charge < -0.3 is 15.4 Å². The Kier molecular flexibility index (Phi) is 4.00. The van der Waals surface area contributed by atoms with Gasteiger partial charge in [0.05, 0.1) is 0 Å². The van der Waals surface area contributed by atoms with E-state index in [9.17, 15) is 10.1 Å². The van der Waals surface area contributed by atoms with E-state index in [-0.39, 0.29) is 11.4 Å². The van der Waals surface area contributed by atoms with Crippen LogP contribution in [-0.2, 0) is 4.74 Å². The Morgan fingerprint density at radius 1 is 1.23 bits per heavy atom. The van der Waals surface area contributed by atoms with E-state index in [0.717, 1.165) is 37.1 Å². The fourth-order valence-electron chi connectivity index (χ4n) is 3.73. The van der Waals surface area contributed by atoms with Crippen LogP contribution in [0.15, 0.2) is 24.3 Å². The number of benzene rings is 1. The molecule has 2 N–H and O–H groups in total. The smallest absolute Gasteiger partial charge is 0.343 e. The summed E-state index contributed by atoms with van der Waals surface area (Å²) < 4.78 is 5.59. The number of aromatic nitrogens is 1. The molecule has 0 amide bonds. The van der Waals surface area contributed by atoms with Gasteiger partial charge in [-0.25, -0.2) is 9.78 Å². The Morgan fingerprint density at radius 3 is 2.58 bits per heavy atom. The zero-order chi connectivity index (χ0) is 18.3. The number of carbonyl (C=O) groups excluding carboxylic acids is 1. The molecule has 1 aromatic heterocycles. The number of aryl methyl sites for hydroxylation is 1. The lowest BCUT2D eigenvalue weighted by molar-refractivity contribution is 0.0456. The van der Waals surface area contributed by atoms with Gasteiger partial charge in [0.25, 0.3) is 0 Å². The number of ether oxygens (including phenoxy) is 1. The van der Waals surface area contributed by atoms with Crippen molar-refractivity contribution < 1.29 is 9.53 Å². The van der Waals surface area contributed by atoms with Crippen molar-refractivity contribution in [3.05, 3.63) is 52.1 Å². The third-order valence-electron chi connectivity index (χ3n) is 5.08. The SMILES string of the molecule is Cc1ccc(C2OC(=O)c3c(N)nc(N4CCCCC4)c(C#N)c32)cc1. The third kappa shape index (κ3) is 2.57. The van der Waals surface area contributed by atoms with Gasteiger partial charge in [-0.3, -0.25) is 0 Å². The highest BCUT2D eigenvalue weighted by atomic mass is 16.5. The van der Waals surface area contributed by atoms with Crippen molar-refractivity contribution in [3.8, 4) is 6.07 Å². The number of nitriles is 1. The summed E-state index contributed by atoms with van der Waals surface area (Å²) >= 11 is 0. The molecule has 2 aromatic rings. The van der Waals surface area contributed by atoms with E-state index in [2.05, 4.69) is 16.0 Å². The molecule has 0 bridgehead atoms. The summed E-state index contributed by atoms with van der Waals surface area (Å²) in [5, 5.41) is 9.87. The fourth-order valence-corrected chi connectivity index (χ4v) is 3.73. The molecule has 6 nitrogen and oxygen atoms in total. The monoisotopic (exact) mass is 348 g/mol. The van der Waals surface area contributed by atoms with E-state index in [1.165, 1.54) is 6.42 Å². The van der Waals surface area contributed by atoms with Gasteiger partial charge in [0.2, 0.25) is 0 Å². The largest absolute Gasteiger partial charge is 0.449 e. The molecule has 0 radical (unpaired) electrons. The normalized spacial score (nSPS) is 19.0. The minimum atomic E-state index is -0.624. The van der Waals surface area contributed by atoms with Crippen LogP contribution in [0.4, 0.5) is 11.6 Å². The summed E-state index contributed by atoms with van der Waals surface area (Å²) in [4.78, 5) is 18.9. The molecule has 1 saturated heterocycles. The number of piperidine rings is 1. The molecule has 6 heteroatoms. The van der Waals surface area contributed by atoms with Crippen LogP contribution in [0.2, 0.25) is 0 Å². The van der Waals surface area contributed by atoms with Crippen LogP contribution < -0.4 is 10.6 Å². The maximum atomic E-state index is 12.4. The minimum absolute atomic E-state index is 0.138. The highest BCUT2D eigenvalue weighted by molar-refractivity contribution is 6.00. The summed E-state index contributed by atoms with van der Waals surface area (Å²) in [6.07, 6.45) is 2.66. The molecule has 1 atom stereocenters. The molecular formula is C20H20N4O2. The molecule has 26 heavy (non-hydrogen) atoms. The molecule has 0 aliphatic carbocycles. The van der Waals surface area contributed by atoms with Crippen molar-refractivity contribution in [1.29, 1.82) is 5.26 Å². The Hall–Kier alpha value is -3.07. The second-order valence-corrected chi connectivity index (χ2v) is 6.84. The molecular weight excluding hydrogens is 328 g/mol. The Labute approximate surface area is 152 Å². The molecule has 1 aromatic carbocycles. The molecule has 132 valence electrons. The first-order valence-corrected chi connectivity index (χ1v) is 8.86. The number of rotatable bonds is 2. The van der Waals surface area contributed by atoms with Crippen molar-refractivity contribution >= 4 is 17.6 Å². The lowest BCUT2D eigenvalue weighted by Gasteiger charge is -2.29. The molecule has 4 rings (SSSR count). The lowest BCUT2D eigenvalue weighted by atomic mass is 9.94. The molecule has 1 fully saturated rings. The van der Waals surface area contributed by atoms with Gasteiger partial charge in [0, 0.05) is 18.7 Å². The Balaban J connectivity index is 1.89. The maximum absolute atomic E-state index is 12.4. The third-order valence-corrected chi connectivity index (χ3v) is 5.08. The van der Waals surface area contributed by atoms with Crippen LogP contribution in [0.3, 0.4) is 0 Å². The Morgan fingerprint density at radius 2 is 1.92 bits per heavy atom. The minimum Gasteiger partial charge on any atom is -0.449 e. The average molecular weight is 348 g/mol. The molecule has 0 saturated carbocycles. The number of hydrogen-bond acceptors (Lipinski definition) is 6. The van der Waals surface area contributed by atoms with Crippen molar-refractivity contribution in [1.82, 2.24) is 4.98 Å². The number of nitrogens with two attached hydrogens (primary N) is 1. The zero-order valence-corrected chi connectivity index (χ0v) is 14.7. The summed E-state index contributed by atoms with van der Waals surface area (Å²) in [7, 11) is 0. The average Bonchev–Trinajstić information content (AvgIpc) is 3.01. The van der Waals surface area contributed by atoms with Crippen LogP contribution in [0.1, 0.15) is 58.0 Å². The number of nitrogen functional groups attached to an aromatic ring is 1. The number of esters is 1. The van der Waals surface area contributed by atoms with Gasteiger partial charge in [0.1, 0.15) is 28.8 Å². The van der Waals surface area contributed by atoms with E-state index in [1.807, 2.05) is 31.2 Å². The number of fused-ring (bicyclic) bond motifs is 1. The first-order chi connectivity index (χ1) is 12.6. The first-order valence-electron chi connectivity index (χ1n) is 8.86. The van der Waals surface area contributed by atoms with Gasteiger partial charge >= 0.3 is 5.97 Å². The maximum Gasteiger partial charge on any atom is 0.343 e. The highest BCUT2D eigenvalue weighted by Gasteiger charge is 2.39. The van der Waals surface area contributed by atoms with Crippen LogP contribution in [0.25, 0.3) is 0 Å². The van der Waals surface area contributed by atoms with Gasteiger partial charge in [-0.05, 0) is 31.7 Å². The van der Waals surface area contributed by atoms with Crippen molar-refractivity contribution in [2.75, 3.05) is 23.7 Å². The van der Waals surface area contributed by atoms with Crippen LogP contribution in [0, 0.1) is 18.3 Å². The number of cyclic esters (lactones) is 1. The predicted molar refractivity (Wildman–Crippen MR) is 97.9 cm³/mol. The van der Waals surface area contributed by atoms with Crippen molar-refractivity contribution in [2.45, 2.75) is 32.3 Å². The van der Waals surface area contributed by atoms with E-state index in [1.54, 1.807) is 0 Å². The van der Waals surface area contributed by atoms with E-state index in [4.69, 9.17) is 10.5 Å². The van der Waals surface area contributed by atoms with Crippen LogP contribution in [0.5, 0.6) is 0 Å². The first kappa shape index (κ1) is 16.4. The van der Waals surface area contributed by atoms with E-state index in [0.29, 0.717) is 16.9 Å². The van der Waals surface area contributed by atoms with Gasteiger partial charge in [-0.1, -0.05) is 29.8 Å². The van der Waals surface area contributed by atoms with Crippen molar-refractivity contribution in [3.63, 3.8) is 0 Å². The van der Waals surface area contributed by atoms with Crippen LogP contribution >= 0.6 is 0 Å². The van der Waals surface area contributed by atoms with Crippen LogP contribution in [-0.4, -0.2) is 24.0 Å². The second kappa shape index (κ2) is 6.34. The van der Waals surface area contributed by atoms with E-state index < -0.39 is 12.1 Å². The number of nitrogens with zero attached hydrogens (tertiary/aromatic N) is 3. The van der Waals surface area contributed by atoms with Gasteiger partial charge in [-0.15, -0.1) is 0 Å². The summed E-state index contributed by atoms with van der Waals surface area (Å²) in [6.45, 7) is 3.67. The molecule has 0 spiro atoms. The molecule has 3 heterocycles. The molecule has 2 aliphatic heterocycles. The van der Waals surface area contributed by atoms with Gasteiger partial charge in [0.15, 0.2) is 6.10 Å². The standard InChI is InChI=1S/C20H20N4O2/c1-12-5-7-13(8-6-12)17-15-14(11-21)19(24-9-3-2-4-10-24)23-18(22)16(15)20(25)26-17/h5-8,17H,2-4,9-10H2,1H3,(H2,22,23). The Bertz CT molecular complexity index is 909. The topological polar surface area (TPSA) is 92.2 Å². The molecule has 2 aliphatic rings. The fraction of sp³-hybridized carbons (Fsp3) is 0.350. The van der Waals surface area contributed by atoms with E-state index >= 15 is 0 Å². The second-order valence-electron chi connectivity index (χ2n) is 6.84. The number of carbonyl (C=O) groups is 1.